The van der Waals surface area contributed by atoms with Crippen molar-refractivity contribution in [2.45, 2.75) is 19.8 Å². The van der Waals surface area contributed by atoms with Gasteiger partial charge in [0.05, 0.1) is 9.26 Å². The number of halogens is 2. The summed E-state index contributed by atoms with van der Waals surface area (Å²) in [5.41, 5.74) is 2.18. The molecule has 0 aliphatic heterocycles. The van der Waals surface area contributed by atoms with Gasteiger partial charge in [-0.15, -0.1) is 0 Å². The molecule has 0 spiro atoms. The van der Waals surface area contributed by atoms with Gasteiger partial charge in [0.25, 0.3) is 0 Å². The highest BCUT2D eigenvalue weighted by Crippen LogP contribution is 2.21. The van der Waals surface area contributed by atoms with Crippen LogP contribution in [0.15, 0.2) is 22.9 Å². The van der Waals surface area contributed by atoms with E-state index in [2.05, 4.69) is 74.0 Å². The van der Waals surface area contributed by atoms with Crippen LogP contribution < -0.4 is 0 Å². The van der Waals surface area contributed by atoms with Gasteiger partial charge in [-0.2, -0.15) is 0 Å². The van der Waals surface area contributed by atoms with Crippen LogP contribution in [-0.4, -0.2) is 9.38 Å². The number of imidazole rings is 1. The molecule has 2 heterocycles. The van der Waals surface area contributed by atoms with Crippen molar-refractivity contribution in [3.8, 4) is 0 Å². The van der Waals surface area contributed by atoms with E-state index in [-0.39, 0.29) is 0 Å². The van der Waals surface area contributed by atoms with Crippen molar-refractivity contribution >= 4 is 44.2 Å². The molecule has 0 unspecified atom stereocenters. The smallest absolute Gasteiger partial charge is 0.150 e. The fourth-order valence-electron chi connectivity index (χ4n) is 1.32. The Bertz CT molecular complexity index is 476. The molecular formula is C10H10BrIN2. The highest BCUT2D eigenvalue weighted by molar-refractivity contribution is 14.1. The van der Waals surface area contributed by atoms with Gasteiger partial charge in [0, 0.05) is 16.9 Å². The van der Waals surface area contributed by atoms with E-state index in [1.807, 2.05) is 6.20 Å². The molecule has 0 fully saturated rings. The van der Waals surface area contributed by atoms with E-state index in [0.29, 0.717) is 5.92 Å². The first-order chi connectivity index (χ1) is 6.58. The third kappa shape index (κ3) is 1.82. The Labute approximate surface area is 105 Å². The predicted molar refractivity (Wildman–Crippen MR) is 69.7 cm³/mol. The molecule has 0 radical (unpaired) electrons. The topological polar surface area (TPSA) is 17.3 Å². The van der Waals surface area contributed by atoms with E-state index >= 15 is 0 Å². The minimum absolute atomic E-state index is 0.476. The summed E-state index contributed by atoms with van der Waals surface area (Å²) < 4.78 is 4.33. The number of hydrogen-bond donors (Lipinski definition) is 0. The van der Waals surface area contributed by atoms with E-state index < -0.39 is 0 Å². The van der Waals surface area contributed by atoms with Gasteiger partial charge in [0.15, 0.2) is 5.65 Å². The fourth-order valence-corrected chi connectivity index (χ4v) is 2.93. The molecule has 2 aromatic rings. The molecule has 0 aliphatic rings. The zero-order valence-corrected chi connectivity index (χ0v) is 11.7. The molecule has 0 N–H and O–H groups in total. The lowest BCUT2D eigenvalue weighted by atomic mass is 10.2. The van der Waals surface area contributed by atoms with Gasteiger partial charge in [-0.05, 0) is 50.5 Å². The summed E-state index contributed by atoms with van der Waals surface area (Å²) >= 11 is 5.78. The lowest BCUT2D eigenvalue weighted by molar-refractivity contribution is 0.834. The molecule has 74 valence electrons. The van der Waals surface area contributed by atoms with Crippen molar-refractivity contribution in [2.24, 2.45) is 0 Å². The third-order valence-corrected chi connectivity index (χ3v) is 3.31. The number of hydrogen-bond acceptors (Lipinski definition) is 1. The van der Waals surface area contributed by atoms with Crippen LogP contribution >= 0.6 is 38.5 Å². The largest absolute Gasteiger partial charge is 0.305 e. The summed E-state index contributed by atoms with van der Waals surface area (Å²) in [5, 5.41) is 0. The molecule has 0 aliphatic carbocycles. The van der Waals surface area contributed by atoms with E-state index in [0.717, 1.165) is 15.8 Å². The highest BCUT2D eigenvalue weighted by atomic mass is 127. The Hall–Kier alpha value is -0.100. The van der Waals surface area contributed by atoms with Crippen LogP contribution in [0.4, 0.5) is 0 Å². The standard InChI is InChI=1S/C10H10BrIN2/c1-6(2)9-5-14-4-7(11)3-8(12)10(14)13-9/h3-6H,1-2H3. The Morgan fingerprint density at radius 3 is 2.79 bits per heavy atom. The average molecular weight is 365 g/mol. The molecule has 14 heavy (non-hydrogen) atoms. The Balaban J connectivity index is 2.70. The monoisotopic (exact) mass is 364 g/mol. The quantitative estimate of drug-likeness (QED) is 0.703. The average Bonchev–Trinajstić information content (AvgIpc) is 2.47. The van der Waals surface area contributed by atoms with Crippen LogP contribution in [0.25, 0.3) is 5.65 Å². The number of pyridine rings is 1. The minimum Gasteiger partial charge on any atom is -0.305 e. The second kappa shape index (κ2) is 3.81. The first kappa shape index (κ1) is 10.4. The van der Waals surface area contributed by atoms with Gasteiger partial charge in [-0.3, -0.25) is 0 Å². The molecule has 4 heteroatoms. The first-order valence-electron chi connectivity index (χ1n) is 4.41. The molecule has 0 atom stereocenters. The number of aromatic nitrogens is 2. The molecule has 0 bridgehead atoms. The molecule has 0 saturated heterocycles. The highest BCUT2D eigenvalue weighted by Gasteiger charge is 2.08. The molecule has 2 rings (SSSR count). The second-order valence-corrected chi connectivity index (χ2v) is 5.64. The number of rotatable bonds is 1. The molecule has 0 aromatic carbocycles. The number of nitrogens with zero attached hydrogens (tertiary/aromatic N) is 2. The summed E-state index contributed by atoms with van der Waals surface area (Å²) in [5.74, 6) is 0.476. The van der Waals surface area contributed by atoms with Crippen molar-refractivity contribution in [3.05, 3.63) is 32.2 Å². The zero-order chi connectivity index (χ0) is 10.3. The summed E-state index contributed by atoms with van der Waals surface area (Å²) in [7, 11) is 0. The molecule has 0 amide bonds. The van der Waals surface area contributed by atoms with Crippen LogP contribution in [0.1, 0.15) is 25.5 Å². The molecule has 2 aromatic heterocycles. The Morgan fingerprint density at radius 1 is 1.43 bits per heavy atom. The molecular weight excluding hydrogens is 355 g/mol. The summed E-state index contributed by atoms with van der Waals surface area (Å²) in [6.07, 6.45) is 4.13. The first-order valence-corrected chi connectivity index (χ1v) is 6.29. The zero-order valence-electron chi connectivity index (χ0n) is 7.96. The van der Waals surface area contributed by atoms with E-state index in [1.54, 1.807) is 0 Å². The minimum atomic E-state index is 0.476. The van der Waals surface area contributed by atoms with Crippen molar-refractivity contribution < 1.29 is 0 Å². The van der Waals surface area contributed by atoms with Crippen molar-refractivity contribution in [1.82, 2.24) is 9.38 Å². The van der Waals surface area contributed by atoms with Gasteiger partial charge in [0.1, 0.15) is 0 Å². The lowest BCUT2D eigenvalue weighted by Gasteiger charge is -1.96. The lowest BCUT2D eigenvalue weighted by Crippen LogP contribution is -1.86. The van der Waals surface area contributed by atoms with Crippen molar-refractivity contribution in [1.29, 1.82) is 0 Å². The maximum atomic E-state index is 4.59. The van der Waals surface area contributed by atoms with Gasteiger partial charge in [-0.1, -0.05) is 13.8 Å². The summed E-state index contributed by atoms with van der Waals surface area (Å²) in [4.78, 5) is 4.59. The fraction of sp³-hybridized carbons (Fsp3) is 0.300. The second-order valence-electron chi connectivity index (χ2n) is 3.56. The molecule has 0 saturated carbocycles. The van der Waals surface area contributed by atoms with Crippen LogP contribution in [0, 0.1) is 3.57 Å². The molecule has 2 nitrogen and oxygen atoms in total. The Kier molecular flexibility index (Phi) is 2.83. The van der Waals surface area contributed by atoms with E-state index in [9.17, 15) is 0 Å². The SMILES string of the molecule is CC(C)c1cn2cc(Br)cc(I)c2n1. The van der Waals surface area contributed by atoms with Crippen molar-refractivity contribution in [3.63, 3.8) is 0 Å². The maximum absolute atomic E-state index is 4.59. The Morgan fingerprint density at radius 2 is 2.14 bits per heavy atom. The van der Waals surface area contributed by atoms with Crippen LogP contribution in [0.2, 0.25) is 0 Å². The van der Waals surface area contributed by atoms with Crippen LogP contribution in [0.3, 0.4) is 0 Å². The van der Waals surface area contributed by atoms with Gasteiger partial charge in [-0.25, -0.2) is 4.98 Å². The maximum Gasteiger partial charge on any atom is 0.150 e. The third-order valence-electron chi connectivity index (χ3n) is 2.08. The van der Waals surface area contributed by atoms with E-state index in [1.165, 1.54) is 3.57 Å². The van der Waals surface area contributed by atoms with Crippen LogP contribution in [0.5, 0.6) is 0 Å². The van der Waals surface area contributed by atoms with Crippen molar-refractivity contribution in [2.75, 3.05) is 0 Å². The normalized spacial score (nSPS) is 11.5. The van der Waals surface area contributed by atoms with Gasteiger partial charge < -0.3 is 4.40 Å². The predicted octanol–water partition coefficient (Wildman–Crippen LogP) is 3.82. The summed E-state index contributed by atoms with van der Waals surface area (Å²) in [6.45, 7) is 4.31. The van der Waals surface area contributed by atoms with Gasteiger partial charge in [0.2, 0.25) is 0 Å². The summed E-state index contributed by atoms with van der Waals surface area (Å²) in [6, 6.07) is 2.08. The van der Waals surface area contributed by atoms with Gasteiger partial charge >= 0.3 is 0 Å². The van der Waals surface area contributed by atoms with Crippen LogP contribution in [-0.2, 0) is 0 Å². The van der Waals surface area contributed by atoms with E-state index in [4.69, 9.17) is 0 Å². The number of fused-ring (bicyclic) bond motifs is 1.